The number of pyridine rings is 1. The molecule has 0 radical (unpaired) electrons. The van der Waals surface area contributed by atoms with E-state index in [-0.39, 0.29) is 11.8 Å². The highest BCUT2D eigenvalue weighted by molar-refractivity contribution is 6.04. The van der Waals surface area contributed by atoms with Crippen molar-refractivity contribution in [2.75, 3.05) is 44.6 Å². The van der Waals surface area contributed by atoms with Crippen molar-refractivity contribution in [3.63, 3.8) is 0 Å². The van der Waals surface area contributed by atoms with Crippen molar-refractivity contribution in [3.8, 4) is 5.88 Å². The van der Waals surface area contributed by atoms with E-state index in [9.17, 15) is 9.59 Å². The summed E-state index contributed by atoms with van der Waals surface area (Å²) in [5.74, 6) is 0.0151. The Morgan fingerprint density at radius 3 is 2.55 bits per heavy atom. The number of hydrogen-bond donors (Lipinski definition) is 2. The van der Waals surface area contributed by atoms with Crippen molar-refractivity contribution in [3.05, 3.63) is 77.7 Å². The minimum Gasteiger partial charge on any atom is -0.391 e. The third-order valence-corrected chi connectivity index (χ3v) is 8.00. The molecule has 2 amide bonds. The van der Waals surface area contributed by atoms with Crippen molar-refractivity contribution in [2.24, 2.45) is 0 Å². The van der Waals surface area contributed by atoms with E-state index in [0.29, 0.717) is 30.4 Å². The molecule has 2 saturated heterocycles. The third kappa shape index (κ3) is 7.49. The number of ether oxygens (including phenoxy) is 1. The van der Waals surface area contributed by atoms with Gasteiger partial charge < -0.3 is 19.9 Å². The molecule has 212 valence electrons. The van der Waals surface area contributed by atoms with Gasteiger partial charge >= 0.3 is 6.09 Å². The van der Waals surface area contributed by atoms with Gasteiger partial charge in [-0.25, -0.2) is 9.78 Å². The molecule has 9 heteroatoms. The average molecular weight is 545 g/mol. The lowest BCUT2D eigenvalue weighted by Crippen LogP contribution is -2.50. The topological polar surface area (TPSA) is 93.8 Å². The predicted molar refractivity (Wildman–Crippen MR) is 156 cm³/mol. The number of hydrogen-bond acceptors (Lipinski definition) is 6. The molecule has 0 aliphatic carbocycles. The maximum atomic E-state index is 12.8. The fraction of sp³-hybridized carbons (Fsp3) is 0.452. The Balaban J connectivity index is 1.05. The van der Waals surface area contributed by atoms with E-state index < -0.39 is 6.09 Å². The molecule has 0 bridgehead atoms. The van der Waals surface area contributed by atoms with Gasteiger partial charge in [0.1, 0.15) is 0 Å². The summed E-state index contributed by atoms with van der Waals surface area (Å²) in [7, 11) is 0. The number of H-pyrrole nitrogens is 1. The molecule has 40 heavy (non-hydrogen) atoms. The minimum absolute atomic E-state index is 0.198. The average Bonchev–Trinajstić information content (AvgIpc) is 3.52. The van der Waals surface area contributed by atoms with Crippen molar-refractivity contribution < 1.29 is 14.3 Å². The molecular formula is C31H40N6O3. The number of carbonyl (C=O) groups excluding carboxylic acids is 2. The number of nitrogens with one attached hydrogen (secondary N) is 2. The summed E-state index contributed by atoms with van der Waals surface area (Å²) in [4.78, 5) is 39.5. The highest BCUT2D eigenvalue weighted by Gasteiger charge is 2.23. The molecule has 4 heterocycles. The second-order valence-electron chi connectivity index (χ2n) is 10.7. The van der Waals surface area contributed by atoms with E-state index in [1.165, 1.54) is 43.1 Å². The molecule has 0 saturated carbocycles. The summed E-state index contributed by atoms with van der Waals surface area (Å²) >= 11 is 0. The van der Waals surface area contributed by atoms with Gasteiger partial charge in [0.15, 0.2) is 0 Å². The molecule has 2 aliphatic heterocycles. The van der Waals surface area contributed by atoms with Crippen molar-refractivity contribution in [2.45, 2.75) is 51.6 Å². The number of anilines is 1. The maximum Gasteiger partial charge on any atom is 0.416 e. The number of carbonyl (C=O) groups is 2. The van der Waals surface area contributed by atoms with Crippen LogP contribution in [0.3, 0.4) is 0 Å². The third-order valence-electron chi connectivity index (χ3n) is 8.00. The van der Waals surface area contributed by atoms with E-state index >= 15 is 0 Å². The molecular weight excluding hydrogens is 504 g/mol. The van der Waals surface area contributed by atoms with Gasteiger partial charge in [-0.3, -0.25) is 14.6 Å². The van der Waals surface area contributed by atoms with Gasteiger partial charge in [0.25, 0.3) is 5.91 Å². The predicted octanol–water partition coefficient (Wildman–Crippen LogP) is 4.79. The van der Waals surface area contributed by atoms with E-state index in [0.717, 1.165) is 39.1 Å². The SMILES string of the molecule is CCC1CCCCN1Cc1ccc(C(=O)Nc2ccc(OC(=O)N3CCN(CCc4ccc[nH]4)CC3)nc2)cc1. The normalized spacial score (nSPS) is 18.4. The maximum absolute atomic E-state index is 12.8. The molecule has 2 aliphatic rings. The fourth-order valence-corrected chi connectivity index (χ4v) is 5.55. The zero-order chi connectivity index (χ0) is 27.7. The van der Waals surface area contributed by atoms with E-state index in [1.54, 1.807) is 17.0 Å². The lowest BCUT2D eigenvalue weighted by Gasteiger charge is -2.35. The lowest BCUT2D eigenvalue weighted by atomic mass is 9.99. The number of aromatic nitrogens is 2. The van der Waals surface area contributed by atoms with Crippen LogP contribution >= 0.6 is 0 Å². The van der Waals surface area contributed by atoms with Gasteiger partial charge in [0.05, 0.1) is 11.9 Å². The standard InChI is InChI=1S/C31H40N6O3/c1-2-28-7-3-4-16-37(28)23-24-8-10-25(11-9-24)30(38)34-27-12-13-29(33-22-27)40-31(39)36-20-18-35(19-21-36)17-14-26-6-5-15-32-26/h5-6,8-13,15,22,28,32H,2-4,7,14,16-21,23H2,1H3,(H,34,38). The van der Waals surface area contributed by atoms with Gasteiger partial charge in [-0.05, 0) is 61.7 Å². The summed E-state index contributed by atoms with van der Waals surface area (Å²) < 4.78 is 5.48. The highest BCUT2D eigenvalue weighted by atomic mass is 16.6. The Kier molecular flexibility index (Phi) is 9.46. The summed E-state index contributed by atoms with van der Waals surface area (Å²) in [5.41, 5.74) is 3.59. The first-order chi connectivity index (χ1) is 19.6. The van der Waals surface area contributed by atoms with Crippen LogP contribution in [0.2, 0.25) is 0 Å². The Morgan fingerprint density at radius 2 is 1.85 bits per heavy atom. The van der Waals surface area contributed by atoms with Gasteiger partial charge in [0.2, 0.25) is 5.88 Å². The number of piperazine rings is 1. The first kappa shape index (κ1) is 27.9. The van der Waals surface area contributed by atoms with E-state index in [2.05, 4.69) is 38.1 Å². The van der Waals surface area contributed by atoms with Gasteiger partial charge in [-0.15, -0.1) is 0 Å². The van der Waals surface area contributed by atoms with Crippen LogP contribution in [0.15, 0.2) is 60.9 Å². The molecule has 9 nitrogen and oxygen atoms in total. The fourth-order valence-electron chi connectivity index (χ4n) is 5.55. The summed E-state index contributed by atoms with van der Waals surface area (Å²) in [6, 6.07) is 15.9. The second kappa shape index (κ2) is 13.6. The van der Waals surface area contributed by atoms with Crippen LogP contribution in [0, 0.1) is 0 Å². The summed E-state index contributed by atoms with van der Waals surface area (Å²) in [5, 5.41) is 2.88. The number of piperidine rings is 1. The second-order valence-corrected chi connectivity index (χ2v) is 10.7. The molecule has 2 aromatic heterocycles. The molecule has 2 N–H and O–H groups in total. The Hall–Kier alpha value is -3.69. The Labute approximate surface area is 236 Å². The van der Waals surface area contributed by atoms with Crippen molar-refractivity contribution in [1.82, 2.24) is 24.7 Å². The number of benzene rings is 1. The van der Waals surface area contributed by atoms with Gasteiger partial charge in [-0.1, -0.05) is 25.5 Å². The molecule has 2 fully saturated rings. The molecule has 0 spiro atoms. The number of nitrogens with zero attached hydrogens (tertiary/aromatic N) is 4. The Bertz CT molecular complexity index is 1220. The van der Waals surface area contributed by atoms with Crippen LogP contribution in [0.1, 0.15) is 54.2 Å². The Morgan fingerprint density at radius 1 is 1.02 bits per heavy atom. The van der Waals surface area contributed by atoms with Crippen molar-refractivity contribution >= 4 is 17.7 Å². The minimum atomic E-state index is -0.400. The summed E-state index contributed by atoms with van der Waals surface area (Å²) in [6.07, 6.45) is 9.04. The zero-order valence-corrected chi connectivity index (χ0v) is 23.3. The van der Waals surface area contributed by atoms with Crippen molar-refractivity contribution in [1.29, 1.82) is 0 Å². The number of likely N-dealkylation sites (tertiary alicyclic amines) is 1. The van der Waals surface area contributed by atoms with Crippen LogP contribution in [0.5, 0.6) is 5.88 Å². The monoisotopic (exact) mass is 544 g/mol. The van der Waals surface area contributed by atoms with Crippen LogP contribution < -0.4 is 10.1 Å². The van der Waals surface area contributed by atoms with Crippen LogP contribution in [0.25, 0.3) is 0 Å². The highest BCUT2D eigenvalue weighted by Crippen LogP contribution is 2.22. The number of amides is 2. The summed E-state index contributed by atoms with van der Waals surface area (Å²) in [6.45, 7) is 8.15. The zero-order valence-electron chi connectivity index (χ0n) is 23.3. The van der Waals surface area contributed by atoms with Gasteiger partial charge in [0, 0.05) is 75.3 Å². The molecule has 5 rings (SSSR count). The quantitative estimate of drug-likeness (QED) is 0.403. The molecule has 1 atom stereocenters. The van der Waals surface area contributed by atoms with Crippen LogP contribution in [-0.2, 0) is 13.0 Å². The smallest absolute Gasteiger partial charge is 0.391 e. The van der Waals surface area contributed by atoms with Crippen LogP contribution in [0.4, 0.5) is 10.5 Å². The number of aromatic amines is 1. The first-order valence-electron chi connectivity index (χ1n) is 14.5. The lowest BCUT2D eigenvalue weighted by molar-refractivity contribution is 0.102. The molecule has 1 unspecified atom stereocenters. The largest absolute Gasteiger partial charge is 0.416 e. The van der Waals surface area contributed by atoms with E-state index in [4.69, 9.17) is 4.74 Å². The van der Waals surface area contributed by atoms with Gasteiger partial charge in [-0.2, -0.15) is 0 Å². The van der Waals surface area contributed by atoms with E-state index in [1.807, 2.05) is 36.5 Å². The first-order valence-corrected chi connectivity index (χ1v) is 14.5. The molecule has 1 aromatic carbocycles. The number of rotatable bonds is 9. The van der Waals surface area contributed by atoms with Crippen LogP contribution in [-0.4, -0.2) is 82.0 Å². The molecule has 3 aromatic rings.